The summed E-state index contributed by atoms with van der Waals surface area (Å²) in [7, 11) is -3.88. The highest BCUT2D eigenvalue weighted by atomic mass is 32.2. The highest BCUT2D eigenvalue weighted by molar-refractivity contribution is 7.90. The number of hydrogen-bond donors (Lipinski definition) is 2. The van der Waals surface area contributed by atoms with E-state index in [0.717, 1.165) is 25.3 Å². The lowest BCUT2D eigenvalue weighted by molar-refractivity contribution is -0.384. The van der Waals surface area contributed by atoms with Crippen molar-refractivity contribution in [2.45, 2.75) is 30.6 Å². The molecule has 12 heteroatoms. The smallest absolute Gasteiger partial charge is 0.338 e. The second kappa shape index (κ2) is 10.7. The van der Waals surface area contributed by atoms with Crippen LogP contribution in [0.25, 0.3) is 0 Å². The van der Waals surface area contributed by atoms with Gasteiger partial charge in [-0.1, -0.05) is 18.6 Å². The average molecular weight is 474 g/mol. The lowest BCUT2D eigenvalue weighted by Crippen LogP contribution is -2.30. The minimum atomic E-state index is -3.88. The predicted octanol–water partition coefficient (Wildman–Crippen LogP) is 2.64. The SMILES string of the molecule is O=C(COC(=O)c1cccc([N+](=O)[O-])c1)Nc1cccc(S(=O)(=O)NC2=NCCCCC2)c1. The van der Waals surface area contributed by atoms with Gasteiger partial charge in [0.15, 0.2) is 6.61 Å². The molecule has 0 unspecified atom stereocenters. The van der Waals surface area contributed by atoms with Crippen molar-refractivity contribution in [3.8, 4) is 0 Å². The Morgan fingerprint density at radius 3 is 2.67 bits per heavy atom. The van der Waals surface area contributed by atoms with Gasteiger partial charge in [0.1, 0.15) is 5.84 Å². The number of rotatable bonds is 7. The first kappa shape index (κ1) is 23.9. The molecular weight excluding hydrogens is 452 g/mol. The quantitative estimate of drug-likeness (QED) is 0.355. The summed E-state index contributed by atoms with van der Waals surface area (Å²) in [4.78, 5) is 38.6. The number of non-ortho nitro benzene ring substituents is 1. The van der Waals surface area contributed by atoms with Crippen LogP contribution in [0.2, 0.25) is 0 Å². The molecule has 0 atom stereocenters. The molecule has 1 aliphatic heterocycles. The first-order chi connectivity index (χ1) is 15.7. The predicted molar refractivity (Wildman–Crippen MR) is 120 cm³/mol. The third-order valence-corrected chi connectivity index (χ3v) is 6.06. The first-order valence-corrected chi connectivity index (χ1v) is 11.6. The van der Waals surface area contributed by atoms with Gasteiger partial charge in [0.25, 0.3) is 21.6 Å². The van der Waals surface area contributed by atoms with Gasteiger partial charge in [0.2, 0.25) is 0 Å². The summed E-state index contributed by atoms with van der Waals surface area (Å²) in [5.41, 5.74) is -0.162. The molecule has 174 valence electrons. The topological polar surface area (TPSA) is 157 Å². The Balaban J connectivity index is 1.60. The van der Waals surface area contributed by atoms with E-state index in [9.17, 15) is 28.1 Å². The van der Waals surface area contributed by atoms with Gasteiger partial charge in [0.05, 0.1) is 15.4 Å². The minimum absolute atomic E-state index is 0.0548. The molecule has 0 radical (unpaired) electrons. The number of anilines is 1. The molecule has 11 nitrogen and oxygen atoms in total. The molecule has 2 aromatic rings. The van der Waals surface area contributed by atoms with Crippen LogP contribution in [0.5, 0.6) is 0 Å². The molecule has 1 aliphatic rings. The summed E-state index contributed by atoms with van der Waals surface area (Å²) in [6.45, 7) is -0.0867. The fraction of sp³-hybridized carbons (Fsp3) is 0.286. The summed E-state index contributed by atoms with van der Waals surface area (Å²) < 4.78 is 32.7. The normalized spacial score (nSPS) is 13.9. The number of carbonyl (C=O) groups excluding carboxylic acids is 2. The van der Waals surface area contributed by atoms with E-state index in [-0.39, 0.29) is 21.8 Å². The summed E-state index contributed by atoms with van der Waals surface area (Å²) in [6.07, 6.45) is 3.30. The largest absolute Gasteiger partial charge is 0.452 e. The minimum Gasteiger partial charge on any atom is -0.452 e. The van der Waals surface area contributed by atoms with E-state index in [1.165, 1.54) is 42.5 Å². The zero-order valence-electron chi connectivity index (χ0n) is 17.5. The Morgan fingerprint density at radius 2 is 1.88 bits per heavy atom. The summed E-state index contributed by atoms with van der Waals surface area (Å²) in [5.74, 6) is -1.20. The van der Waals surface area contributed by atoms with E-state index in [1.54, 1.807) is 0 Å². The van der Waals surface area contributed by atoms with Gasteiger partial charge < -0.3 is 10.1 Å². The van der Waals surface area contributed by atoms with Gasteiger partial charge in [-0.2, -0.15) is 0 Å². The Morgan fingerprint density at radius 1 is 1.09 bits per heavy atom. The van der Waals surface area contributed by atoms with Gasteiger partial charge in [0, 0.05) is 30.8 Å². The standard InChI is InChI=1S/C21H22N4O7S/c26-20(14-32-21(27)15-6-4-8-17(12-15)25(28)29)23-16-7-5-9-18(13-16)33(30,31)24-19-10-2-1-3-11-22-19/h4-9,12-13H,1-3,10-11,14H2,(H,22,24)(H,23,26). The number of carbonyl (C=O) groups is 2. The second-order valence-electron chi connectivity index (χ2n) is 7.20. The third-order valence-electron chi connectivity index (χ3n) is 4.68. The number of nitro groups is 1. The molecule has 2 N–H and O–H groups in total. The number of amides is 1. The van der Waals surface area contributed by atoms with Gasteiger partial charge >= 0.3 is 5.97 Å². The molecule has 0 aromatic heterocycles. The number of hydrogen-bond acceptors (Lipinski definition) is 8. The maximum atomic E-state index is 12.7. The average Bonchev–Trinajstić information content (AvgIpc) is 3.06. The van der Waals surface area contributed by atoms with Gasteiger partial charge in [-0.05, 0) is 37.1 Å². The number of esters is 1. The molecule has 0 aliphatic carbocycles. The Hall–Kier alpha value is -3.80. The zero-order valence-corrected chi connectivity index (χ0v) is 18.3. The van der Waals surface area contributed by atoms with Crippen LogP contribution in [0.15, 0.2) is 58.4 Å². The van der Waals surface area contributed by atoms with Crippen LogP contribution in [-0.4, -0.2) is 44.2 Å². The van der Waals surface area contributed by atoms with Crippen LogP contribution in [-0.2, 0) is 19.6 Å². The van der Waals surface area contributed by atoms with Gasteiger partial charge in [-0.15, -0.1) is 0 Å². The van der Waals surface area contributed by atoms with E-state index >= 15 is 0 Å². The third kappa shape index (κ3) is 6.84. The van der Waals surface area contributed by atoms with Crippen LogP contribution < -0.4 is 10.0 Å². The Kier molecular flexibility index (Phi) is 7.72. The highest BCUT2D eigenvalue weighted by Crippen LogP contribution is 2.17. The van der Waals surface area contributed by atoms with Crippen molar-refractivity contribution >= 4 is 39.1 Å². The molecule has 1 heterocycles. The van der Waals surface area contributed by atoms with Crippen LogP contribution in [0, 0.1) is 10.1 Å². The van der Waals surface area contributed by atoms with Gasteiger partial charge in [-0.25, -0.2) is 13.2 Å². The summed E-state index contributed by atoms with van der Waals surface area (Å²) in [5, 5.41) is 13.3. The first-order valence-electron chi connectivity index (χ1n) is 10.1. The molecule has 0 spiro atoms. The van der Waals surface area contributed by atoms with Crippen LogP contribution >= 0.6 is 0 Å². The van der Waals surface area contributed by atoms with Crippen molar-refractivity contribution in [3.63, 3.8) is 0 Å². The van der Waals surface area contributed by atoms with E-state index < -0.39 is 33.4 Å². The van der Waals surface area contributed by atoms with E-state index in [4.69, 9.17) is 4.74 Å². The number of benzene rings is 2. The van der Waals surface area contributed by atoms with Crippen LogP contribution in [0.4, 0.5) is 11.4 Å². The molecule has 33 heavy (non-hydrogen) atoms. The Bertz CT molecular complexity index is 1190. The summed E-state index contributed by atoms with van der Waals surface area (Å²) >= 11 is 0. The van der Waals surface area contributed by atoms with Crippen molar-refractivity contribution in [1.82, 2.24) is 4.72 Å². The molecule has 0 saturated carbocycles. The fourth-order valence-corrected chi connectivity index (χ4v) is 4.20. The lowest BCUT2D eigenvalue weighted by atomic mass is 10.2. The van der Waals surface area contributed by atoms with Crippen molar-refractivity contribution in [2.75, 3.05) is 18.5 Å². The van der Waals surface area contributed by atoms with E-state index in [0.29, 0.717) is 18.8 Å². The lowest BCUT2D eigenvalue weighted by Gasteiger charge is -2.11. The molecule has 0 fully saturated rings. The van der Waals surface area contributed by atoms with Crippen molar-refractivity contribution in [3.05, 3.63) is 64.2 Å². The number of amidine groups is 1. The monoisotopic (exact) mass is 474 g/mol. The number of aliphatic imine (C=N–C) groups is 1. The molecule has 0 bridgehead atoms. The molecule has 2 aromatic carbocycles. The van der Waals surface area contributed by atoms with E-state index in [2.05, 4.69) is 15.0 Å². The number of nitro benzene ring substituents is 1. The van der Waals surface area contributed by atoms with Crippen molar-refractivity contribution in [2.24, 2.45) is 4.99 Å². The fourth-order valence-electron chi connectivity index (χ4n) is 3.07. The van der Waals surface area contributed by atoms with Crippen LogP contribution in [0.1, 0.15) is 36.0 Å². The Labute approximate surface area is 190 Å². The zero-order chi connectivity index (χ0) is 23.8. The molecule has 3 rings (SSSR count). The molecule has 0 saturated heterocycles. The second-order valence-corrected chi connectivity index (χ2v) is 8.89. The van der Waals surface area contributed by atoms with E-state index in [1.807, 2.05) is 0 Å². The molecule has 1 amide bonds. The summed E-state index contributed by atoms with van der Waals surface area (Å²) in [6, 6.07) is 10.5. The van der Waals surface area contributed by atoms with Gasteiger partial charge in [-0.3, -0.25) is 24.6 Å². The number of nitrogens with one attached hydrogen (secondary N) is 2. The number of sulfonamides is 1. The highest BCUT2D eigenvalue weighted by Gasteiger charge is 2.19. The molecular formula is C21H22N4O7S. The number of nitrogens with zero attached hydrogens (tertiary/aromatic N) is 2. The van der Waals surface area contributed by atoms with Crippen molar-refractivity contribution in [1.29, 1.82) is 0 Å². The number of ether oxygens (including phenoxy) is 1. The van der Waals surface area contributed by atoms with Crippen molar-refractivity contribution < 1.29 is 27.7 Å². The maximum absolute atomic E-state index is 12.7. The van der Waals surface area contributed by atoms with Crippen LogP contribution in [0.3, 0.4) is 0 Å². The maximum Gasteiger partial charge on any atom is 0.338 e.